The van der Waals surface area contributed by atoms with Crippen molar-refractivity contribution in [3.8, 4) is 0 Å². The van der Waals surface area contributed by atoms with Crippen LogP contribution in [0.1, 0.15) is 44.3 Å². The molecular formula is C9H17N3O. The first-order valence-corrected chi connectivity index (χ1v) is 4.75. The van der Waals surface area contributed by atoms with Gasteiger partial charge in [0.25, 0.3) is 0 Å². The fourth-order valence-electron chi connectivity index (χ4n) is 1.25. The van der Waals surface area contributed by atoms with Crippen molar-refractivity contribution >= 4 is 0 Å². The van der Waals surface area contributed by atoms with Gasteiger partial charge in [-0.05, 0) is 13.5 Å². The Hall–Kier alpha value is -0.900. The van der Waals surface area contributed by atoms with Gasteiger partial charge in [-0.1, -0.05) is 25.4 Å². The summed E-state index contributed by atoms with van der Waals surface area (Å²) in [5.41, 5.74) is 0. The van der Waals surface area contributed by atoms with Crippen molar-refractivity contribution in [1.29, 1.82) is 0 Å². The van der Waals surface area contributed by atoms with Crippen LogP contribution in [0.2, 0.25) is 0 Å². The van der Waals surface area contributed by atoms with Gasteiger partial charge in [0, 0.05) is 5.92 Å². The molecule has 1 rings (SSSR count). The van der Waals surface area contributed by atoms with Crippen molar-refractivity contribution in [3.05, 3.63) is 11.7 Å². The van der Waals surface area contributed by atoms with Gasteiger partial charge in [-0.25, -0.2) is 0 Å². The number of hydrogen-bond donors (Lipinski definition) is 1. The largest absolute Gasteiger partial charge is 0.339 e. The van der Waals surface area contributed by atoms with Gasteiger partial charge in [0.05, 0.1) is 6.54 Å². The lowest BCUT2D eigenvalue weighted by molar-refractivity contribution is 0.348. The lowest BCUT2D eigenvalue weighted by atomic mass is 10.1. The molecule has 0 fully saturated rings. The van der Waals surface area contributed by atoms with Crippen LogP contribution in [-0.2, 0) is 6.54 Å². The molecule has 1 aromatic heterocycles. The first kappa shape index (κ1) is 10.2. The van der Waals surface area contributed by atoms with E-state index in [1.807, 2.05) is 7.05 Å². The summed E-state index contributed by atoms with van der Waals surface area (Å²) in [5, 5.41) is 6.84. The second kappa shape index (κ2) is 4.97. The zero-order valence-electron chi connectivity index (χ0n) is 8.50. The highest BCUT2D eigenvalue weighted by atomic mass is 16.5. The lowest BCUT2D eigenvalue weighted by Crippen LogP contribution is -2.06. The van der Waals surface area contributed by atoms with Crippen LogP contribution >= 0.6 is 0 Å². The number of rotatable bonds is 5. The van der Waals surface area contributed by atoms with Crippen molar-refractivity contribution in [3.63, 3.8) is 0 Å². The molecule has 1 aromatic rings. The van der Waals surface area contributed by atoms with Gasteiger partial charge >= 0.3 is 0 Å². The minimum Gasteiger partial charge on any atom is -0.339 e. The zero-order valence-corrected chi connectivity index (χ0v) is 8.50. The summed E-state index contributed by atoms with van der Waals surface area (Å²) >= 11 is 0. The van der Waals surface area contributed by atoms with E-state index in [0.717, 1.165) is 24.6 Å². The molecule has 0 amide bonds. The molecule has 0 aromatic carbocycles. The van der Waals surface area contributed by atoms with Crippen molar-refractivity contribution in [2.45, 2.75) is 39.2 Å². The molecule has 1 N–H and O–H groups in total. The molecule has 0 bridgehead atoms. The molecule has 13 heavy (non-hydrogen) atoms. The summed E-state index contributed by atoms with van der Waals surface area (Å²) in [6, 6.07) is 0. The fraction of sp³-hybridized carbons (Fsp3) is 0.778. The van der Waals surface area contributed by atoms with E-state index in [4.69, 9.17) is 4.52 Å². The molecule has 0 saturated heterocycles. The average molecular weight is 183 g/mol. The highest BCUT2D eigenvalue weighted by Gasteiger charge is 2.12. The third-order valence-corrected chi connectivity index (χ3v) is 1.96. The minimum absolute atomic E-state index is 0.378. The van der Waals surface area contributed by atoms with Gasteiger partial charge in [-0.3, -0.25) is 0 Å². The molecule has 0 aliphatic heterocycles. The predicted octanol–water partition coefficient (Wildman–Crippen LogP) is 1.69. The highest BCUT2D eigenvalue weighted by Crippen LogP contribution is 2.17. The Labute approximate surface area is 78.7 Å². The molecule has 74 valence electrons. The molecule has 4 nitrogen and oxygen atoms in total. The van der Waals surface area contributed by atoms with Crippen molar-refractivity contribution in [2.24, 2.45) is 0 Å². The van der Waals surface area contributed by atoms with Crippen LogP contribution in [0.25, 0.3) is 0 Å². The topological polar surface area (TPSA) is 51.0 Å². The van der Waals surface area contributed by atoms with Crippen LogP contribution < -0.4 is 5.32 Å². The number of nitrogens with zero attached hydrogens (tertiary/aromatic N) is 2. The highest BCUT2D eigenvalue weighted by molar-refractivity contribution is 4.91. The first-order chi connectivity index (χ1) is 6.27. The summed E-state index contributed by atoms with van der Waals surface area (Å²) in [4.78, 5) is 4.28. The molecule has 1 heterocycles. The standard InChI is InChI=1S/C9H17N3O/c1-4-5-7(2)9-11-8(6-10-3)12-13-9/h7,10H,4-6H2,1-3H3. The van der Waals surface area contributed by atoms with Crippen LogP contribution in [0.5, 0.6) is 0 Å². The van der Waals surface area contributed by atoms with Gasteiger partial charge in [0.2, 0.25) is 5.89 Å². The summed E-state index contributed by atoms with van der Waals surface area (Å²) in [6.07, 6.45) is 2.24. The van der Waals surface area contributed by atoms with E-state index >= 15 is 0 Å². The number of aromatic nitrogens is 2. The van der Waals surface area contributed by atoms with Crippen molar-refractivity contribution in [2.75, 3.05) is 7.05 Å². The SMILES string of the molecule is CCCC(C)c1nc(CNC)no1. The molecule has 0 aliphatic carbocycles. The Morgan fingerprint density at radius 1 is 1.54 bits per heavy atom. The molecular weight excluding hydrogens is 166 g/mol. The quantitative estimate of drug-likeness (QED) is 0.754. The maximum Gasteiger partial charge on any atom is 0.229 e. The minimum atomic E-state index is 0.378. The molecule has 4 heteroatoms. The third kappa shape index (κ3) is 2.81. The molecule has 0 aliphatic rings. The van der Waals surface area contributed by atoms with E-state index in [1.54, 1.807) is 0 Å². The Morgan fingerprint density at radius 3 is 2.92 bits per heavy atom. The van der Waals surface area contributed by atoms with Gasteiger partial charge in [-0.15, -0.1) is 0 Å². The number of hydrogen-bond acceptors (Lipinski definition) is 4. The van der Waals surface area contributed by atoms with Gasteiger partial charge in [0.1, 0.15) is 0 Å². The van der Waals surface area contributed by atoms with E-state index in [2.05, 4.69) is 29.3 Å². The van der Waals surface area contributed by atoms with Crippen LogP contribution in [0.3, 0.4) is 0 Å². The maximum absolute atomic E-state index is 5.13. The Bertz CT molecular complexity index is 247. The molecule has 0 saturated carbocycles. The summed E-state index contributed by atoms with van der Waals surface area (Å²) in [6.45, 7) is 4.93. The summed E-state index contributed by atoms with van der Waals surface area (Å²) in [7, 11) is 1.87. The third-order valence-electron chi connectivity index (χ3n) is 1.96. The smallest absolute Gasteiger partial charge is 0.229 e. The molecule has 1 atom stereocenters. The monoisotopic (exact) mass is 183 g/mol. The van der Waals surface area contributed by atoms with Gasteiger partial charge in [0.15, 0.2) is 5.82 Å². The Morgan fingerprint density at radius 2 is 2.31 bits per heavy atom. The second-order valence-electron chi connectivity index (χ2n) is 3.27. The van der Waals surface area contributed by atoms with Crippen LogP contribution in [0.15, 0.2) is 4.52 Å². The lowest BCUT2D eigenvalue weighted by Gasteiger charge is -2.01. The van der Waals surface area contributed by atoms with Crippen LogP contribution in [0.4, 0.5) is 0 Å². The van der Waals surface area contributed by atoms with Crippen molar-refractivity contribution in [1.82, 2.24) is 15.5 Å². The van der Waals surface area contributed by atoms with Crippen LogP contribution in [0, 0.1) is 0 Å². The summed E-state index contributed by atoms with van der Waals surface area (Å²) in [5.74, 6) is 1.87. The van der Waals surface area contributed by atoms with E-state index < -0.39 is 0 Å². The van der Waals surface area contributed by atoms with Gasteiger partial charge in [-0.2, -0.15) is 4.98 Å². The van der Waals surface area contributed by atoms with Gasteiger partial charge < -0.3 is 9.84 Å². The molecule has 0 spiro atoms. The summed E-state index contributed by atoms with van der Waals surface area (Å²) < 4.78 is 5.13. The van der Waals surface area contributed by atoms with Crippen LogP contribution in [-0.4, -0.2) is 17.2 Å². The normalized spacial score (nSPS) is 13.2. The van der Waals surface area contributed by atoms with E-state index in [0.29, 0.717) is 12.5 Å². The maximum atomic E-state index is 5.13. The van der Waals surface area contributed by atoms with E-state index in [9.17, 15) is 0 Å². The fourth-order valence-corrected chi connectivity index (χ4v) is 1.25. The Balaban J connectivity index is 2.56. The zero-order chi connectivity index (χ0) is 9.68. The van der Waals surface area contributed by atoms with E-state index in [-0.39, 0.29) is 0 Å². The number of nitrogens with one attached hydrogen (secondary N) is 1. The molecule has 0 radical (unpaired) electrons. The first-order valence-electron chi connectivity index (χ1n) is 4.75. The van der Waals surface area contributed by atoms with Crippen molar-refractivity contribution < 1.29 is 4.52 Å². The average Bonchev–Trinajstić information content (AvgIpc) is 2.54. The Kier molecular flexibility index (Phi) is 3.89. The molecule has 1 unspecified atom stereocenters. The van der Waals surface area contributed by atoms with E-state index in [1.165, 1.54) is 0 Å². The predicted molar refractivity (Wildman–Crippen MR) is 50.4 cm³/mol. The second-order valence-corrected chi connectivity index (χ2v) is 3.27.